The molecule has 1 aliphatic rings. The lowest BCUT2D eigenvalue weighted by atomic mass is 9.93. The molecule has 0 aromatic heterocycles. The van der Waals surface area contributed by atoms with Crippen LogP contribution in [0.3, 0.4) is 0 Å². The maximum atomic E-state index is 9.76. The number of aliphatic hydroxyl groups is 1. The molecular weight excluding hydrogens is 174 g/mol. The summed E-state index contributed by atoms with van der Waals surface area (Å²) in [5, 5.41) is 9.76. The molecule has 2 atom stereocenters. The summed E-state index contributed by atoms with van der Waals surface area (Å²) in [7, 11) is 0. The van der Waals surface area contributed by atoms with Gasteiger partial charge in [-0.05, 0) is 45.2 Å². The number of nitrogens with zero attached hydrogens (tertiary/aromatic N) is 1. The summed E-state index contributed by atoms with van der Waals surface area (Å²) in [6.45, 7) is 8.85. The second kappa shape index (κ2) is 5.72. The van der Waals surface area contributed by atoms with E-state index in [-0.39, 0.29) is 6.10 Å². The van der Waals surface area contributed by atoms with Crippen LogP contribution in [0.1, 0.15) is 46.5 Å². The third-order valence-corrected chi connectivity index (χ3v) is 3.78. The van der Waals surface area contributed by atoms with Gasteiger partial charge in [-0.3, -0.25) is 4.90 Å². The fourth-order valence-corrected chi connectivity index (χ4v) is 2.35. The molecule has 2 nitrogen and oxygen atoms in total. The number of rotatable bonds is 4. The highest BCUT2D eigenvalue weighted by Gasteiger charge is 2.24. The van der Waals surface area contributed by atoms with E-state index >= 15 is 0 Å². The number of aliphatic hydroxyl groups excluding tert-OH is 1. The van der Waals surface area contributed by atoms with Gasteiger partial charge in [0, 0.05) is 6.04 Å². The van der Waals surface area contributed by atoms with Crippen molar-refractivity contribution in [2.24, 2.45) is 5.92 Å². The van der Waals surface area contributed by atoms with Gasteiger partial charge in [0.1, 0.15) is 0 Å². The minimum Gasteiger partial charge on any atom is -0.392 e. The molecule has 1 saturated heterocycles. The Labute approximate surface area is 88.3 Å². The Morgan fingerprint density at radius 2 is 1.86 bits per heavy atom. The molecule has 2 unspecified atom stereocenters. The van der Waals surface area contributed by atoms with Gasteiger partial charge in [0.2, 0.25) is 0 Å². The first-order valence-electron chi connectivity index (χ1n) is 6.11. The third-order valence-electron chi connectivity index (χ3n) is 3.78. The van der Waals surface area contributed by atoms with Crippen molar-refractivity contribution in [2.45, 2.75) is 58.6 Å². The maximum absolute atomic E-state index is 9.76. The van der Waals surface area contributed by atoms with Crippen LogP contribution in [0.15, 0.2) is 0 Å². The zero-order chi connectivity index (χ0) is 10.6. The Morgan fingerprint density at radius 3 is 2.29 bits per heavy atom. The molecule has 0 aliphatic carbocycles. The van der Waals surface area contributed by atoms with Crippen molar-refractivity contribution in [1.82, 2.24) is 4.90 Å². The average Bonchev–Trinajstić information content (AvgIpc) is 2.27. The summed E-state index contributed by atoms with van der Waals surface area (Å²) >= 11 is 0. The smallest absolute Gasteiger partial charge is 0.0690 e. The van der Waals surface area contributed by atoms with Gasteiger partial charge in [0.25, 0.3) is 0 Å². The van der Waals surface area contributed by atoms with Gasteiger partial charge in [-0.1, -0.05) is 20.3 Å². The molecule has 0 aromatic rings. The van der Waals surface area contributed by atoms with E-state index in [1.165, 1.54) is 32.4 Å². The lowest BCUT2D eigenvalue weighted by molar-refractivity contribution is 0.0359. The van der Waals surface area contributed by atoms with Crippen molar-refractivity contribution >= 4 is 0 Å². The molecule has 0 saturated carbocycles. The molecule has 0 radical (unpaired) electrons. The van der Waals surface area contributed by atoms with E-state index in [0.29, 0.717) is 6.04 Å². The third kappa shape index (κ3) is 2.96. The topological polar surface area (TPSA) is 23.5 Å². The van der Waals surface area contributed by atoms with E-state index < -0.39 is 0 Å². The fraction of sp³-hybridized carbons (Fsp3) is 1.00. The van der Waals surface area contributed by atoms with Crippen LogP contribution in [-0.4, -0.2) is 35.2 Å². The van der Waals surface area contributed by atoms with E-state index in [1.807, 2.05) is 0 Å². The number of piperidine rings is 1. The van der Waals surface area contributed by atoms with Crippen molar-refractivity contribution in [3.63, 3.8) is 0 Å². The van der Waals surface area contributed by atoms with Gasteiger partial charge < -0.3 is 5.11 Å². The summed E-state index contributed by atoms with van der Waals surface area (Å²) in [5.41, 5.74) is 0. The summed E-state index contributed by atoms with van der Waals surface area (Å²) in [6, 6.07) is 0.345. The maximum Gasteiger partial charge on any atom is 0.0690 e. The highest BCUT2D eigenvalue weighted by Crippen LogP contribution is 2.22. The van der Waals surface area contributed by atoms with E-state index in [0.717, 1.165) is 12.3 Å². The SMILES string of the molecule is CCC1CCN(C(C)C(O)CC)CC1. The minimum absolute atomic E-state index is 0.145. The molecule has 2 heteroatoms. The van der Waals surface area contributed by atoms with Crippen LogP contribution in [0, 0.1) is 5.92 Å². The molecule has 14 heavy (non-hydrogen) atoms. The second-order valence-electron chi connectivity index (χ2n) is 4.60. The Balaban J connectivity index is 2.33. The van der Waals surface area contributed by atoms with Crippen LogP contribution in [0.4, 0.5) is 0 Å². The van der Waals surface area contributed by atoms with Crippen molar-refractivity contribution < 1.29 is 5.11 Å². The van der Waals surface area contributed by atoms with Gasteiger partial charge in [-0.15, -0.1) is 0 Å². The molecule has 0 amide bonds. The molecule has 84 valence electrons. The van der Waals surface area contributed by atoms with E-state index in [4.69, 9.17) is 0 Å². The van der Waals surface area contributed by atoms with Crippen molar-refractivity contribution in [3.05, 3.63) is 0 Å². The predicted octanol–water partition coefficient (Wildman–Crippen LogP) is 2.27. The lowest BCUT2D eigenvalue weighted by Crippen LogP contribution is -2.45. The predicted molar refractivity (Wildman–Crippen MR) is 60.3 cm³/mol. The van der Waals surface area contributed by atoms with Crippen LogP contribution in [0.5, 0.6) is 0 Å². The van der Waals surface area contributed by atoms with Gasteiger partial charge in [-0.25, -0.2) is 0 Å². The molecule has 1 aliphatic heterocycles. The summed E-state index contributed by atoms with van der Waals surface area (Å²) < 4.78 is 0. The largest absolute Gasteiger partial charge is 0.392 e. The minimum atomic E-state index is -0.145. The molecular formula is C12H25NO. The molecule has 1 N–H and O–H groups in total. The van der Waals surface area contributed by atoms with E-state index in [1.54, 1.807) is 0 Å². The van der Waals surface area contributed by atoms with Crippen LogP contribution in [0.25, 0.3) is 0 Å². The fourth-order valence-electron chi connectivity index (χ4n) is 2.35. The first-order chi connectivity index (χ1) is 6.69. The van der Waals surface area contributed by atoms with Crippen LogP contribution < -0.4 is 0 Å². The Morgan fingerprint density at radius 1 is 1.29 bits per heavy atom. The molecule has 0 spiro atoms. The zero-order valence-corrected chi connectivity index (χ0v) is 9.87. The van der Waals surface area contributed by atoms with Crippen molar-refractivity contribution in [1.29, 1.82) is 0 Å². The number of hydrogen-bond donors (Lipinski definition) is 1. The summed E-state index contributed by atoms with van der Waals surface area (Å²) in [5.74, 6) is 0.928. The Kier molecular flexibility index (Phi) is 4.90. The molecule has 1 rings (SSSR count). The van der Waals surface area contributed by atoms with Crippen molar-refractivity contribution in [3.8, 4) is 0 Å². The average molecular weight is 199 g/mol. The van der Waals surface area contributed by atoms with Crippen LogP contribution >= 0.6 is 0 Å². The number of hydrogen-bond acceptors (Lipinski definition) is 2. The first kappa shape index (κ1) is 12.0. The monoisotopic (exact) mass is 199 g/mol. The van der Waals surface area contributed by atoms with Crippen LogP contribution in [0.2, 0.25) is 0 Å². The van der Waals surface area contributed by atoms with Gasteiger partial charge in [-0.2, -0.15) is 0 Å². The van der Waals surface area contributed by atoms with Gasteiger partial charge in [0.05, 0.1) is 6.10 Å². The highest BCUT2D eigenvalue weighted by atomic mass is 16.3. The number of likely N-dealkylation sites (tertiary alicyclic amines) is 1. The summed E-state index contributed by atoms with van der Waals surface area (Å²) in [4.78, 5) is 2.44. The van der Waals surface area contributed by atoms with Crippen molar-refractivity contribution in [2.75, 3.05) is 13.1 Å². The molecule has 0 bridgehead atoms. The molecule has 1 heterocycles. The zero-order valence-electron chi connectivity index (χ0n) is 9.87. The molecule has 1 fully saturated rings. The van der Waals surface area contributed by atoms with Crippen LogP contribution in [-0.2, 0) is 0 Å². The summed E-state index contributed by atoms with van der Waals surface area (Å²) in [6.07, 6.45) is 4.68. The Hall–Kier alpha value is -0.0800. The van der Waals surface area contributed by atoms with E-state index in [9.17, 15) is 5.11 Å². The normalized spacial score (nSPS) is 24.9. The van der Waals surface area contributed by atoms with Gasteiger partial charge >= 0.3 is 0 Å². The van der Waals surface area contributed by atoms with E-state index in [2.05, 4.69) is 25.7 Å². The lowest BCUT2D eigenvalue weighted by Gasteiger charge is -2.37. The molecule has 0 aromatic carbocycles. The second-order valence-corrected chi connectivity index (χ2v) is 4.60. The first-order valence-corrected chi connectivity index (χ1v) is 6.11. The highest BCUT2D eigenvalue weighted by molar-refractivity contribution is 4.79. The Bertz CT molecular complexity index is 152. The van der Waals surface area contributed by atoms with Gasteiger partial charge in [0.15, 0.2) is 0 Å². The quantitative estimate of drug-likeness (QED) is 0.751. The standard InChI is InChI=1S/C12H25NO/c1-4-11-6-8-13(9-7-11)10(3)12(14)5-2/h10-12,14H,4-9H2,1-3H3.